The lowest BCUT2D eigenvalue weighted by atomic mass is 9.99. The minimum Gasteiger partial charge on any atom is -0.481 e. The molecule has 0 heterocycles. The number of rotatable bonds is 15. The molecule has 0 aromatic heterocycles. The van der Waals surface area contributed by atoms with Crippen molar-refractivity contribution >= 4 is 5.97 Å². The molecule has 2 unspecified atom stereocenters. The van der Waals surface area contributed by atoms with Gasteiger partial charge in [-0.2, -0.15) is 0 Å². The van der Waals surface area contributed by atoms with Crippen LogP contribution in [-0.2, 0) is 14.3 Å². The van der Waals surface area contributed by atoms with E-state index in [-0.39, 0.29) is 11.6 Å². The van der Waals surface area contributed by atoms with Gasteiger partial charge in [-0.25, -0.2) is 0 Å². The summed E-state index contributed by atoms with van der Waals surface area (Å²) in [6.45, 7) is 8.84. The molecule has 2 atom stereocenters. The highest BCUT2D eigenvalue weighted by Crippen LogP contribution is 2.23. The van der Waals surface area contributed by atoms with Crippen molar-refractivity contribution in [1.82, 2.24) is 4.90 Å². The maximum atomic E-state index is 10.6. The first-order valence-electron chi connectivity index (χ1n) is 10.8. The normalized spacial score (nSPS) is 14.8. The Hall–Kier alpha value is -0.910. The van der Waals surface area contributed by atoms with Crippen LogP contribution in [0.15, 0.2) is 12.2 Å². The second kappa shape index (κ2) is 18.1. The second-order valence-electron chi connectivity index (χ2n) is 8.02. The SMILES string of the molecule is CCCCCC=CCCCCC(C)C(=O)O.COCC(OC)(C(C)C)N(C)C. The van der Waals surface area contributed by atoms with Crippen molar-refractivity contribution in [2.45, 2.75) is 84.8 Å². The maximum Gasteiger partial charge on any atom is 0.306 e. The molecule has 0 radical (unpaired) electrons. The number of methoxy groups -OCH3 is 2. The summed E-state index contributed by atoms with van der Waals surface area (Å²) in [7, 11) is 7.42. The molecular formula is C23H47NO4. The van der Waals surface area contributed by atoms with Crippen molar-refractivity contribution < 1.29 is 19.4 Å². The van der Waals surface area contributed by atoms with Gasteiger partial charge in [0.2, 0.25) is 0 Å². The molecule has 0 rings (SSSR count). The maximum absolute atomic E-state index is 10.6. The van der Waals surface area contributed by atoms with Crippen LogP contribution in [0, 0.1) is 11.8 Å². The molecule has 0 aliphatic rings. The smallest absolute Gasteiger partial charge is 0.306 e. The van der Waals surface area contributed by atoms with Gasteiger partial charge in [-0.15, -0.1) is 0 Å². The van der Waals surface area contributed by atoms with Gasteiger partial charge < -0.3 is 14.6 Å². The molecule has 168 valence electrons. The zero-order valence-electron chi connectivity index (χ0n) is 19.8. The van der Waals surface area contributed by atoms with Crippen molar-refractivity contribution in [1.29, 1.82) is 0 Å². The summed E-state index contributed by atoms with van der Waals surface area (Å²) < 4.78 is 10.7. The predicted molar refractivity (Wildman–Crippen MR) is 119 cm³/mol. The number of nitrogens with zero attached hydrogens (tertiary/aromatic N) is 1. The van der Waals surface area contributed by atoms with Crippen LogP contribution in [0.3, 0.4) is 0 Å². The van der Waals surface area contributed by atoms with Crippen LogP contribution in [0.4, 0.5) is 0 Å². The number of ether oxygens (including phenoxy) is 2. The third kappa shape index (κ3) is 13.3. The zero-order chi connectivity index (χ0) is 22.0. The number of hydrogen-bond donors (Lipinski definition) is 1. The Bertz CT molecular complexity index is 386. The van der Waals surface area contributed by atoms with Crippen molar-refractivity contribution in [3.8, 4) is 0 Å². The molecule has 0 saturated heterocycles. The van der Waals surface area contributed by atoms with Crippen LogP contribution >= 0.6 is 0 Å². The van der Waals surface area contributed by atoms with Gasteiger partial charge in [0.1, 0.15) is 5.72 Å². The fourth-order valence-electron chi connectivity index (χ4n) is 3.08. The van der Waals surface area contributed by atoms with Crippen LogP contribution in [0.1, 0.15) is 79.1 Å². The van der Waals surface area contributed by atoms with Gasteiger partial charge in [-0.3, -0.25) is 9.69 Å². The van der Waals surface area contributed by atoms with Crippen molar-refractivity contribution in [2.24, 2.45) is 11.8 Å². The van der Waals surface area contributed by atoms with E-state index in [0.717, 1.165) is 25.7 Å². The van der Waals surface area contributed by atoms with Crippen LogP contribution in [0.2, 0.25) is 0 Å². The molecular weight excluding hydrogens is 354 g/mol. The summed E-state index contributed by atoms with van der Waals surface area (Å²) in [4.78, 5) is 12.6. The van der Waals surface area contributed by atoms with E-state index in [1.807, 2.05) is 14.1 Å². The molecule has 0 bridgehead atoms. The van der Waals surface area contributed by atoms with E-state index in [1.54, 1.807) is 21.1 Å². The fourth-order valence-corrected chi connectivity index (χ4v) is 3.08. The van der Waals surface area contributed by atoms with E-state index in [1.165, 1.54) is 25.7 Å². The number of carboxylic acid groups (broad SMARTS) is 1. The molecule has 0 aromatic rings. The van der Waals surface area contributed by atoms with Crippen LogP contribution in [-0.4, -0.2) is 56.6 Å². The van der Waals surface area contributed by atoms with E-state index in [0.29, 0.717) is 12.5 Å². The molecule has 5 heteroatoms. The standard InChI is InChI=1S/C14H26O2.C9H21NO2/c1-3-4-5-6-7-8-9-10-11-12-13(2)14(15)16;1-8(2)9(12-6,7-11-5)10(3)4/h7-8,13H,3-6,9-12H2,1-2H3,(H,15,16);8H,7H2,1-6H3. The number of hydrogen-bond acceptors (Lipinski definition) is 4. The van der Waals surface area contributed by atoms with Gasteiger partial charge in [-0.1, -0.05) is 59.1 Å². The van der Waals surface area contributed by atoms with E-state index in [2.05, 4.69) is 37.8 Å². The lowest BCUT2D eigenvalue weighted by Crippen LogP contribution is -2.53. The minimum atomic E-state index is -0.671. The average molecular weight is 402 g/mol. The molecule has 0 aliphatic carbocycles. The number of unbranched alkanes of at least 4 members (excludes halogenated alkanes) is 5. The van der Waals surface area contributed by atoms with Crippen LogP contribution in [0.5, 0.6) is 0 Å². The fraction of sp³-hybridized carbons (Fsp3) is 0.870. The largest absolute Gasteiger partial charge is 0.481 e. The molecule has 0 aliphatic heterocycles. The number of likely N-dealkylation sites (N-methyl/N-ethyl adjacent to an activating group) is 1. The highest BCUT2D eigenvalue weighted by molar-refractivity contribution is 5.69. The number of carboxylic acids is 1. The van der Waals surface area contributed by atoms with Crippen LogP contribution in [0.25, 0.3) is 0 Å². The third-order valence-electron chi connectivity index (χ3n) is 5.18. The number of carbonyl (C=O) groups is 1. The molecule has 0 amide bonds. The monoisotopic (exact) mass is 401 g/mol. The molecule has 0 spiro atoms. The van der Waals surface area contributed by atoms with Gasteiger partial charge in [-0.05, 0) is 52.1 Å². The Morgan fingerprint density at radius 3 is 1.89 bits per heavy atom. The van der Waals surface area contributed by atoms with Gasteiger partial charge >= 0.3 is 5.97 Å². The van der Waals surface area contributed by atoms with Gasteiger partial charge in [0.15, 0.2) is 0 Å². The lowest BCUT2D eigenvalue weighted by molar-refractivity contribution is -0.178. The lowest BCUT2D eigenvalue weighted by Gasteiger charge is -2.41. The van der Waals surface area contributed by atoms with Crippen molar-refractivity contribution in [2.75, 3.05) is 34.9 Å². The summed E-state index contributed by atoms with van der Waals surface area (Å²) in [5, 5.41) is 8.69. The number of allylic oxidation sites excluding steroid dienone is 2. The average Bonchev–Trinajstić information content (AvgIpc) is 2.64. The van der Waals surface area contributed by atoms with E-state index in [4.69, 9.17) is 14.6 Å². The second-order valence-corrected chi connectivity index (χ2v) is 8.02. The summed E-state index contributed by atoms with van der Waals surface area (Å²) in [6.07, 6.45) is 13.6. The molecule has 5 nitrogen and oxygen atoms in total. The minimum absolute atomic E-state index is 0.187. The quantitative estimate of drug-likeness (QED) is 0.220. The van der Waals surface area contributed by atoms with E-state index >= 15 is 0 Å². The Balaban J connectivity index is 0. The zero-order valence-corrected chi connectivity index (χ0v) is 19.8. The van der Waals surface area contributed by atoms with Crippen molar-refractivity contribution in [3.63, 3.8) is 0 Å². The van der Waals surface area contributed by atoms with E-state index in [9.17, 15) is 4.79 Å². The Labute approximate surface area is 174 Å². The van der Waals surface area contributed by atoms with Crippen molar-refractivity contribution in [3.05, 3.63) is 12.2 Å². The highest BCUT2D eigenvalue weighted by atomic mass is 16.5. The Kier molecular flexibility index (Phi) is 19.0. The molecule has 28 heavy (non-hydrogen) atoms. The Morgan fingerprint density at radius 2 is 1.57 bits per heavy atom. The highest BCUT2D eigenvalue weighted by Gasteiger charge is 2.36. The third-order valence-corrected chi connectivity index (χ3v) is 5.18. The summed E-state index contributed by atoms with van der Waals surface area (Å²) in [6, 6.07) is 0. The molecule has 0 saturated carbocycles. The summed E-state index contributed by atoms with van der Waals surface area (Å²) in [5.74, 6) is -0.457. The summed E-state index contributed by atoms with van der Waals surface area (Å²) in [5.41, 5.74) is -0.297. The molecule has 0 aromatic carbocycles. The van der Waals surface area contributed by atoms with E-state index < -0.39 is 5.97 Å². The molecule has 1 N–H and O–H groups in total. The van der Waals surface area contributed by atoms with Gasteiger partial charge in [0.25, 0.3) is 0 Å². The summed E-state index contributed by atoms with van der Waals surface area (Å²) >= 11 is 0. The first-order valence-corrected chi connectivity index (χ1v) is 10.8. The van der Waals surface area contributed by atoms with Crippen LogP contribution < -0.4 is 0 Å². The first kappa shape index (κ1) is 29.3. The number of aliphatic carboxylic acids is 1. The topological polar surface area (TPSA) is 59.0 Å². The van der Waals surface area contributed by atoms with Gasteiger partial charge in [0, 0.05) is 14.2 Å². The first-order chi connectivity index (χ1) is 13.2. The predicted octanol–water partition coefficient (Wildman–Crippen LogP) is 5.60. The Morgan fingerprint density at radius 1 is 1.04 bits per heavy atom. The van der Waals surface area contributed by atoms with Gasteiger partial charge in [0.05, 0.1) is 12.5 Å². The molecule has 0 fully saturated rings.